The summed E-state index contributed by atoms with van der Waals surface area (Å²) in [4.78, 5) is 5.84. The Morgan fingerprint density at radius 2 is 2.07 bits per heavy atom. The Morgan fingerprint density at radius 1 is 1.40 bits per heavy atom. The van der Waals surface area contributed by atoms with E-state index in [9.17, 15) is 0 Å². The van der Waals surface area contributed by atoms with Gasteiger partial charge >= 0.3 is 0 Å². The van der Waals surface area contributed by atoms with Crippen molar-refractivity contribution in [1.29, 1.82) is 0 Å². The highest BCUT2D eigenvalue weighted by molar-refractivity contribution is 7.11. The summed E-state index contributed by atoms with van der Waals surface area (Å²) < 4.78 is 0. The maximum Gasteiger partial charge on any atom is 0.0900 e. The highest BCUT2D eigenvalue weighted by atomic mass is 32.1. The second kappa shape index (κ2) is 3.87. The van der Waals surface area contributed by atoms with Gasteiger partial charge in [0.2, 0.25) is 0 Å². The number of thiazole rings is 1. The van der Waals surface area contributed by atoms with E-state index in [4.69, 9.17) is 0 Å². The molecule has 0 aromatic carbocycles. The van der Waals surface area contributed by atoms with Gasteiger partial charge in [-0.3, -0.25) is 0 Å². The van der Waals surface area contributed by atoms with Crippen molar-refractivity contribution in [3.8, 4) is 0 Å². The minimum atomic E-state index is 0.296. The number of aromatic nitrogens is 1. The molecule has 2 rings (SSSR count). The molecule has 0 unspecified atom stereocenters. The molecule has 15 heavy (non-hydrogen) atoms. The zero-order valence-electron chi connectivity index (χ0n) is 10.1. The maximum atomic E-state index is 4.45. The standard InChI is InChI=1S/C12H20N2S/c1-8-11(15-9(2)14-8)7-13-12(3,4)10-5-6-10/h10,13H,5-7H2,1-4H3. The normalized spacial score (nSPS) is 17.1. The zero-order chi connectivity index (χ0) is 11.1. The molecule has 3 heteroatoms. The van der Waals surface area contributed by atoms with E-state index in [2.05, 4.69) is 38.0 Å². The van der Waals surface area contributed by atoms with Crippen molar-refractivity contribution in [3.63, 3.8) is 0 Å². The van der Waals surface area contributed by atoms with Crippen molar-refractivity contribution in [3.05, 3.63) is 15.6 Å². The van der Waals surface area contributed by atoms with Gasteiger partial charge in [-0.15, -0.1) is 11.3 Å². The average Bonchev–Trinajstić information content (AvgIpc) is 2.91. The van der Waals surface area contributed by atoms with Gasteiger partial charge in [0.25, 0.3) is 0 Å². The smallest absolute Gasteiger partial charge is 0.0900 e. The molecule has 0 radical (unpaired) electrons. The van der Waals surface area contributed by atoms with Gasteiger partial charge in [-0.2, -0.15) is 0 Å². The van der Waals surface area contributed by atoms with E-state index in [0.29, 0.717) is 5.54 Å². The summed E-state index contributed by atoms with van der Waals surface area (Å²) in [7, 11) is 0. The first-order valence-electron chi connectivity index (χ1n) is 5.67. The second-order valence-corrected chi connectivity index (χ2v) is 6.38. The number of nitrogens with one attached hydrogen (secondary N) is 1. The van der Waals surface area contributed by atoms with Crippen molar-refractivity contribution < 1.29 is 0 Å². The first-order chi connectivity index (χ1) is 6.99. The first-order valence-corrected chi connectivity index (χ1v) is 6.48. The van der Waals surface area contributed by atoms with Crippen molar-refractivity contribution in [2.45, 2.75) is 52.6 Å². The molecule has 1 heterocycles. The maximum absolute atomic E-state index is 4.45. The zero-order valence-corrected chi connectivity index (χ0v) is 10.9. The number of nitrogens with zero attached hydrogens (tertiary/aromatic N) is 1. The molecule has 1 fully saturated rings. The molecule has 1 saturated carbocycles. The summed E-state index contributed by atoms with van der Waals surface area (Å²) in [5.74, 6) is 0.881. The minimum absolute atomic E-state index is 0.296. The summed E-state index contributed by atoms with van der Waals surface area (Å²) in [6.45, 7) is 9.78. The Labute approximate surface area is 96.1 Å². The van der Waals surface area contributed by atoms with E-state index < -0.39 is 0 Å². The van der Waals surface area contributed by atoms with Crippen LogP contribution in [0.2, 0.25) is 0 Å². The fraction of sp³-hybridized carbons (Fsp3) is 0.750. The van der Waals surface area contributed by atoms with Gasteiger partial charge in [0.15, 0.2) is 0 Å². The molecule has 2 nitrogen and oxygen atoms in total. The van der Waals surface area contributed by atoms with Crippen molar-refractivity contribution in [2.24, 2.45) is 5.92 Å². The summed E-state index contributed by atoms with van der Waals surface area (Å²) >= 11 is 1.81. The van der Waals surface area contributed by atoms with Gasteiger partial charge in [0, 0.05) is 17.0 Å². The molecule has 0 saturated heterocycles. The van der Waals surface area contributed by atoms with Crippen LogP contribution in [-0.2, 0) is 6.54 Å². The van der Waals surface area contributed by atoms with Gasteiger partial charge in [-0.05, 0) is 46.5 Å². The first kappa shape index (κ1) is 11.1. The molecule has 1 aliphatic rings. The lowest BCUT2D eigenvalue weighted by Crippen LogP contribution is -2.40. The van der Waals surface area contributed by atoms with Crippen LogP contribution in [0.15, 0.2) is 0 Å². The number of hydrogen-bond acceptors (Lipinski definition) is 3. The molecule has 0 amide bonds. The highest BCUT2D eigenvalue weighted by Gasteiger charge is 2.37. The van der Waals surface area contributed by atoms with Gasteiger partial charge in [-0.1, -0.05) is 0 Å². The van der Waals surface area contributed by atoms with E-state index in [1.807, 2.05) is 11.3 Å². The van der Waals surface area contributed by atoms with Crippen LogP contribution >= 0.6 is 11.3 Å². The van der Waals surface area contributed by atoms with Crippen molar-refractivity contribution >= 4 is 11.3 Å². The molecule has 1 N–H and O–H groups in total. The molecule has 0 atom stereocenters. The predicted molar refractivity (Wildman–Crippen MR) is 65.2 cm³/mol. The van der Waals surface area contributed by atoms with Crippen LogP contribution < -0.4 is 5.32 Å². The molecule has 1 aromatic heterocycles. The highest BCUT2D eigenvalue weighted by Crippen LogP contribution is 2.39. The predicted octanol–water partition coefficient (Wildman–Crippen LogP) is 3.04. The molecule has 84 valence electrons. The Hall–Kier alpha value is -0.410. The van der Waals surface area contributed by atoms with Crippen LogP contribution in [0.3, 0.4) is 0 Å². The van der Waals surface area contributed by atoms with Gasteiger partial charge in [0.1, 0.15) is 0 Å². The minimum Gasteiger partial charge on any atom is -0.307 e. The average molecular weight is 224 g/mol. The van der Waals surface area contributed by atoms with Crippen LogP contribution in [0, 0.1) is 19.8 Å². The largest absolute Gasteiger partial charge is 0.307 e. The molecule has 0 bridgehead atoms. The van der Waals surface area contributed by atoms with Crippen LogP contribution in [0.5, 0.6) is 0 Å². The van der Waals surface area contributed by atoms with E-state index in [1.54, 1.807) is 0 Å². The number of aryl methyl sites for hydroxylation is 2. The lowest BCUT2D eigenvalue weighted by Gasteiger charge is -2.26. The Morgan fingerprint density at radius 3 is 2.53 bits per heavy atom. The molecule has 1 aromatic rings. The lowest BCUT2D eigenvalue weighted by molar-refractivity contribution is 0.340. The lowest BCUT2D eigenvalue weighted by atomic mass is 9.99. The van der Waals surface area contributed by atoms with Gasteiger partial charge in [0.05, 0.1) is 10.7 Å². The molecule has 1 aliphatic carbocycles. The van der Waals surface area contributed by atoms with Crippen molar-refractivity contribution in [2.75, 3.05) is 0 Å². The van der Waals surface area contributed by atoms with E-state index in [-0.39, 0.29) is 0 Å². The Kier molecular flexibility index (Phi) is 2.86. The number of hydrogen-bond donors (Lipinski definition) is 1. The monoisotopic (exact) mass is 224 g/mol. The fourth-order valence-corrected chi connectivity index (χ4v) is 2.87. The molecule has 0 spiro atoms. The van der Waals surface area contributed by atoms with Crippen LogP contribution in [0.4, 0.5) is 0 Å². The summed E-state index contributed by atoms with van der Waals surface area (Å²) in [5, 5.41) is 4.84. The summed E-state index contributed by atoms with van der Waals surface area (Å²) in [6, 6.07) is 0. The molecule has 0 aliphatic heterocycles. The third-order valence-electron chi connectivity index (χ3n) is 3.30. The van der Waals surface area contributed by atoms with E-state index >= 15 is 0 Å². The summed E-state index contributed by atoms with van der Waals surface area (Å²) in [5.41, 5.74) is 1.49. The summed E-state index contributed by atoms with van der Waals surface area (Å²) in [6.07, 6.45) is 2.78. The number of rotatable bonds is 4. The van der Waals surface area contributed by atoms with Crippen molar-refractivity contribution in [1.82, 2.24) is 10.3 Å². The second-order valence-electron chi connectivity index (χ2n) is 5.09. The van der Waals surface area contributed by atoms with E-state index in [1.165, 1.54) is 28.4 Å². The van der Waals surface area contributed by atoms with Crippen LogP contribution in [0.25, 0.3) is 0 Å². The van der Waals surface area contributed by atoms with E-state index in [0.717, 1.165) is 12.5 Å². The SMILES string of the molecule is Cc1nc(C)c(CNC(C)(C)C2CC2)s1. The van der Waals surface area contributed by atoms with Crippen LogP contribution in [-0.4, -0.2) is 10.5 Å². The Bertz CT molecular complexity index is 351. The van der Waals surface area contributed by atoms with Gasteiger partial charge < -0.3 is 5.32 Å². The third kappa shape index (κ3) is 2.58. The quantitative estimate of drug-likeness (QED) is 0.850. The third-order valence-corrected chi connectivity index (χ3v) is 4.37. The Balaban J connectivity index is 1.95. The van der Waals surface area contributed by atoms with Crippen LogP contribution in [0.1, 0.15) is 42.3 Å². The topological polar surface area (TPSA) is 24.9 Å². The molecular formula is C12H20N2S. The van der Waals surface area contributed by atoms with Gasteiger partial charge in [-0.25, -0.2) is 4.98 Å². The fourth-order valence-electron chi connectivity index (χ4n) is 1.99. The molecular weight excluding hydrogens is 204 g/mol.